The zero-order valence-electron chi connectivity index (χ0n) is 26.8. The summed E-state index contributed by atoms with van der Waals surface area (Å²) in [5.74, 6) is -0.210. The van der Waals surface area contributed by atoms with Gasteiger partial charge in [0, 0.05) is 32.3 Å². The van der Waals surface area contributed by atoms with Crippen LogP contribution in [0.25, 0.3) is 6.08 Å². The number of allylic oxidation sites excluding steroid dienone is 2. The first-order valence-corrected chi connectivity index (χ1v) is 15.9. The summed E-state index contributed by atoms with van der Waals surface area (Å²) in [6, 6.07) is 25.3. The lowest BCUT2D eigenvalue weighted by molar-refractivity contribution is -0.116. The number of ether oxygens (including phenoxy) is 5. The number of amides is 1. The number of carbonyl (C=O) groups excluding carboxylic acids is 3. The second-order valence-electron chi connectivity index (χ2n) is 10.7. The predicted molar refractivity (Wildman–Crippen MR) is 178 cm³/mol. The van der Waals surface area contributed by atoms with Crippen LogP contribution in [0.5, 0.6) is 11.5 Å². The lowest BCUT2D eigenvalue weighted by atomic mass is 10.00. The topological polar surface area (TPSA) is 113 Å². The predicted octanol–water partition coefficient (Wildman–Crippen LogP) is 6.71. The van der Waals surface area contributed by atoms with Crippen LogP contribution in [0.2, 0.25) is 0 Å². The van der Waals surface area contributed by atoms with E-state index < -0.39 is 12.3 Å². The number of nitrogens with zero attached hydrogens (tertiary/aromatic N) is 1. The van der Waals surface area contributed by atoms with Crippen molar-refractivity contribution < 1.29 is 38.1 Å². The molecule has 10 heteroatoms. The van der Waals surface area contributed by atoms with E-state index in [9.17, 15) is 14.4 Å². The minimum atomic E-state index is -0.934. The van der Waals surface area contributed by atoms with E-state index in [-0.39, 0.29) is 42.8 Å². The van der Waals surface area contributed by atoms with Crippen LogP contribution >= 0.6 is 0 Å². The average Bonchev–Trinajstić information content (AvgIpc) is 3.08. The third-order valence-electron chi connectivity index (χ3n) is 7.32. The van der Waals surface area contributed by atoms with Gasteiger partial charge in [0.25, 0.3) is 0 Å². The second-order valence-corrected chi connectivity index (χ2v) is 10.7. The molecule has 0 unspecified atom stereocenters. The van der Waals surface area contributed by atoms with Gasteiger partial charge in [0.05, 0.1) is 19.3 Å². The quantitative estimate of drug-likeness (QED) is 0.0887. The molecule has 248 valence electrons. The fraction of sp³-hybridized carbons (Fsp3) is 0.324. The highest BCUT2D eigenvalue weighted by atomic mass is 16.7. The van der Waals surface area contributed by atoms with Crippen LogP contribution in [0.1, 0.15) is 49.5 Å². The van der Waals surface area contributed by atoms with E-state index in [1.807, 2.05) is 36.4 Å². The molecule has 1 N–H and O–H groups in total. The summed E-state index contributed by atoms with van der Waals surface area (Å²) in [5.41, 5.74) is 2.94. The maximum Gasteiger partial charge on any atom is 0.513 e. The smallest absolute Gasteiger partial charge is 0.434 e. The summed E-state index contributed by atoms with van der Waals surface area (Å²) in [4.78, 5) is 38.3. The molecule has 0 bridgehead atoms. The van der Waals surface area contributed by atoms with Crippen LogP contribution in [0, 0.1) is 0 Å². The monoisotopic (exact) mass is 642 g/mol. The average molecular weight is 643 g/mol. The van der Waals surface area contributed by atoms with Crippen molar-refractivity contribution in [3.63, 3.8) is 0 Å². The van der Waals surface area contributed by atoms with Gasteiger partial charge in [-0.05, 0) is 55.5 Å². The van der Waals surface area contributed by atoms with Crippen LogP contribution in [-0.2, 0) is 19.0 Å². The number of hydrogen-bond acceptors (Lipinski definition) is 9. The Kier molecular flexibility index (Phi) is 14.0. The summed E-state index contributed by atoms with van der Waals surface area (Å²) in [6.45, 7) is 6.64. The van der Waals surface area contributed by atoms with Crippen LogP contribution in [-0.4, -0.2) is 68.6 Å². The molecule has 10 nitrogen and oxygen atoms in total. The zero-order chi connectivity index (χ0) is 33.3. The van der Waals surface area contributed by atoms with Gasteiger partial charge in [0.2, 0.25) is 5.91 Å². The second kappa shape index (κ2) is 18.9. The number of hydrogen-bond donors (Lipinski definition) is 1. The fourth-order valence-electron chi connectivity index (χ4n) is 5.04. The SMILES string of the molecule is CCOC(=O)Oc1ccc(C=CC=CC(=O)NCCN2CCC(OC(c3ccccc3)c3ccccc3)CC2)cc1OC(=O)OCC. The van der Waals surface area contributed by atoms with E-state index >= 15 is 0 Å². The van der Waals surface area contributed by atoms with Gasteiger partial charge in [0.1, 0.15) is 6.10 Å². The Balaban J connectivity index is 1.21. The Morgan fingerprint density at radius 2 is 1.40 bits per heavy atom. The first kappa shape index (κ1) is 34.9. The normalized spacial score (nSPS) is 13.9. The molecule has 3 aromatic rings. The molecular formula is C37H42N2O8. The summed E-state index contributed by atoms with van der Waals surface area (Å²) < 4.78 is 26.6. The van der Waals surface area contributed by atoms with Gasteiger partial charge >= 0.3 is 12.3 Å². The van der Waals surface area contributed by atoms with Gasteiger partial charge in [-0.2, -0.15) is 0 Å². The van der Waals surface area contributed by atoms with Crippen LogP contribution in [0.4, 0.5) is 9.59 Å². The maximum atomic E-state index is 12.4. The standard InChI is InChI=1S/C37H42N2O8/c1-3-43-36(41)46-32-20-19-28(27-33(32)47-37(42)44-4-2)13-11-12-18-34(40)38-23-26-39-24-21-31(22-25-39)45-35(29-14-7-5-8-15-29)30-16-9-6-10-17-30/h5-20,27,31,35H,3-4,21-26H2,1-2H3,(H,38,40). The molecule has 0 saturated carbocycles. The van der Waals surface area contributed by atoms with Crippen molar-refractivity contribution in [3.8, 4) is 11.5 Å². The van der Waals surface area contributed by atoms with E-state index in [0.29, 0.717) is 12.1 Å². The molecular weight excluding hydrogens is 600 g/mol. The molecule has 3 aromatic carbocycles. The molecule has 4 rings (SSSR count). The van der Waals surface area contributed by atoms with Crippen molar-refractivity contribution in [1.82, 2.24) is 10.2 Å². The number of carbonyl (C=O) groups is 3. The molecule has 1 aliphatic rings. The summed E-state index contributed by atoms with van der Waals surface area (Å²) in [5, 5.41) is 2.93. The molecule has 0 atom stereocenters. The van der Waals surface area contributed by atoms with E-state index in [4.69, 9.17) is 23.7 Å². The lowest BCUT2D eigenvalue weighted by Gasteiger charge is -2.34. The first-order valence-electron chi connectivity index (χ1n) is 15.9. The minimum absolute atomic E-state index is 0.00360. The maximum absolute atomic E-state index is 12.4. The third-order valence-corrected chi connectivity index (χ3v) is 7.32. The van der Waals surface area contributed by atoms with Crippen LogP contribution < -0.4 is 14.8 Å². The number of rotatable bonds is 14. The number of piperidine rings is 1. The van der Waals surface area contributed by atoms with E-state index in [0.717, 1.165) is 43.6 Å². The molecule has 47 heavy (non-hydrogen) atoms. The molecule has 0 aromatic heterocycles. The first-order chi connectivity index (χ1) is 22.9. The summed E-state index contributed by atoms with van der Waals surface area (Å²) >= 11 is 0. The lowest BCUT2D eigenvalue weighted by Crippen LogP contribution is -2.41. The number of likely N-dealkylation sites (tertiary alicyclic amines) is 1. The fourth-order valence-corrected chi connectivity index (χ4v) is 5.04. The molecule has 1 saturated heterocycles. The van der Waals surface area contributed by atoms with Gasteiger partial charge in [-0.1, -0.05) is 85.0 Å². The number of benzene rings is 3. The molecule has 1 heterocycles. The zero-order valence-corrected chi connectivity index (χ0v) is 26.8. The van der Waals surface area contributed by atoms with Gasteiger partial charge < -0.3 is 33.9 Å². The van der Waals surface area contributed by atoms with Crippen molar-refractivity contribution in [2.75, 3.05) is 39.4 Å². The summed E-state index contributed by atoms with van der Waals surface area (Å²) in [7, 11) is 0. The van der Waals surface area contributed by atoms with E-state index in [1.165, 1.54) is 18.2 Å². The Morgan fingerprint density at radius 1 is 0.809 bits per heavy atom. The van der Waals surface area contributed by atoms with Crippen molar-refractivity contribution in [3.05, 3.63) is 114 Å². The molecule has 1 aliphatic heterocycles. The van der Waals surface area contributed by atoms with Gasteiger partial charge in [-0.15, -0.1) is 0 Å². The Bertz CT molecular complexity index is 1450. The van der Waals surface area contributed by atoms with Crippen molar-refractivity contribution >= 4 is 24.3 Å². The molecule has 0 aliphatic carbocycles. The van der Waals surface area contributed by atoms with Crippen molar-refractivity contribution in [2.24, 2.45) is 0 Å². The van der Waals surface area contributed by atoms with Crippen molar-refractivity contribution in [1.29, 1.82) is 0 Å². The molecule has 1 amide bonds. The highest BCUT2D eigenvalue weighted by Crippen LogP contribution is 2.31. The number of nitrogens with one attached hydrogen (secondary N) is 1. The largest absolute Gasteiger partial charge is 0.513 e. The third kappa shape index (κ3) is 11.7. The summed E-state index contributed by atoms with van der Waals surface area (Å²) in [6.07, 6.45) is 6.51. The van der Waals surface area contributed by atoms with E-state index in [1.54, 1.807) is 38.1 Å². The van der Waals surface area contributed by atoms with Crippen LogP contribution in [0.3, 0.4) is 0 Å². The Morgan fingerprint density at radius 3 is 2.00 bits per heavy atom. The van der Waals surface area contributed by atoms with Crippen molar-refractivity contribution in [2.45, 2.75) is 38.9 Å². The van der Waals surface area contributed by atoms with Gasteiger partial charge in [0.15, 0.2) is 11.5 Å². The Hall–Kier alpha value is -4.93. The molecule has 0 radical (unpaired) electrons. The highest BCUT2D eigenvalue weighted by molar-refractivity contribution is 5.87. The molecule has 0 spiro atoms. The molecule has 1 fully saturated rings. The minimum Gasteiger partial charge on any atom is -0.434 e. The van der Waals surface area contributed by atoms with Gasteiger partial charge in [-0.3, -0.25) is 4.79 Å². The van der Waals surface area contributed by atoms with Crippen LogP contribution in [0.15, 0.2) is 97.1 Å². The Labute approximate surface area is 275 Å². The highest BCUT2D eigenvalue weighted by Gasteiger charge is 2.24. The van der Waals surface area contributed by atoms with E-state index in [2.05, 4.69) is 34.5 Å². The van der Waals surface area contributed by atoms with Gasteiger partial charge in [-0.25, -0.2) is 9.59 Å².